The number of nitrogens with zero attached hydrogens (tertiary/aromatic N) is 1. The summed E-state index contributed by atoms with van der Waals surface area (Å²) in [5.41, 5.74) is 0.272. The summed E-state index contributed by atoms with van der Waals surface area (Å²) in [5, 5.41) is 5.73. The normalized spacial score (nSPS) is 18.6. The lowest BCUT2D eigenvalue weighted by Crippen LogP contribution is -2.34. The molecule has 20 heavy (non-hydrogen) atoms. The van der Waals surface area contributed by atoms with Crippen LogP contribution in [0.3, 0.4) is 0 Å². The van der Waals surface area contributed by atoms with E-state index in [1.807, 2.05) is 11.9 Å². The van der Waals surface area contributed by atoms with Gasteiger partial charge in [0.2, 0.25) is 5.91 Å². The van der Waals surface area contributed by atoms with Gasteiger partial charge in [-0.2, -0.15) is 0 Å². The van der Waals surface area contributed by atoms with Crippen LogP contribution in [-0.4, -0.2) is 43.5 Å². The second kappa shape index (κ2) is 7.52. The van der Waals surface area contributed by atoms with E-state index >= 15 is 0 Å². The minimum Gasteiger partial charge on any atom is -0.325 e. The zero-order chi connectivity index (χ0) is 13.8. The van der Waals surface area contributed by atoms with E-state index < -0.39 is 11.6 Å². The maximum atomic E-state index is 13.0. The second-order valence-corrected chi connectivity index (χ2v) is 4.69. The highest BCUT2D eigenvalue weighted by atomic mass is 35.5. The highest BCUT2D eigenvalue weighted by molar-refractivity contribution is 5.92. The van der Waals surface area contributed by atoms with Crippen molar-refractivity contribution in [1.29, 1.82) is 0 Å². The fraction of sp³-hybridized carbons (Fsp3) is 0.462. The number of amides is 1. The number of halogens is 3. The lowest BCUT2D eigenvalue weighted by Gasteiger charge is -2.15. The number of anilines is 1. The molecule has 1 saturated heterocycles. The van der Waals surface area contributed by atoms with Gasteiger partial charge in [-0.3, -0.25) is 9.69 Å². The average molecular weight is 306 g/mol. The summed E-state index contributed by atoms with van der Waals surface area (Å²) >= 11 is 0. The zero-order valence-electron chi connectivity index (χ0n) is 11.2. The smallest absolute Gasteiger partial charge is 0.238 e. The number of carbonyl (C=O) groups excluding carboxylic acids is 1. The molecule has 2 N–H and O–H groups in total. The third-order valence-electron chi connectivity index (χ3n) is 3.25. The maximum Gasteiger partial charge on any atom is 0.238 e. The third-order valence-corrected chi connectivity index (χ3v) is 3.25. The van der Waals surface area contributed by atoms with E-state index in [9.17, 15) is 13.6 Å². The lowest BCUT2D eigenvalue weighted by molar-refractivity contribution is -0.117. The summed E-state index contributed by atoms with van der Waals surface area (Å²) in [4.78, 5) is 13.8. The molecule has 1 unspecified atom stereocenters. The van der Waals surface area contributed by atoms with Gasteiger partial charge in [0, 0.05) is 30.9 Å². The van der Waals surface area contributed by atoms with Gasteiger partial charge in [-0.1, -0.05) is 0 Å². The molecule has 0 saturated carbocycles. The van der Waals surface area contributed by atoms with E-state index in [2.05, 4.69) is 10.6 Å². The van der Waals surface area contributed by atoms with Crippen LogP contribution in [0.5, 0.6) is 0 Å². The molecule has 0 aliphatic carbocycles. The number of hydrogen-bond acceptors (Lipinski definition) is 3. The van der Waals surface area contributed by atoms with Crippen LogP contribution < -0.4 is 10.6 Å². The van der Waals surface area contributed by atoms with Crippen LogP contribution in [0, 0.1) is 11.6 Å². The molecule has 0 bridgehead atoms. The predicted octanol–water partition coefficient (Wildman–Crippen LogP) is 1.62. The average Bonchev–Trinajstić information content (AvgIpc) is 2.81. The Labute approximate surface area is 122 Å². The molecule has 1 amide bonds. The minimum absolute atomic E-state index is 0. The summed E-state index contributed by atoms with van der Waals surface area (Å²) in [6.45, 7) is 1.94. The number of hydrogen-bond donors (Lipinski definition) is 2. The number of nitrogens with one attached hydrogen (secondary N) is 2. The summed E-state index contributed by atoms with van der Waals surface area (Å²) in [6, 6.07) is 3.73. The van der Waals surface area contributed by atoms with Crippen LogP contribution >= 0.6 is 12.4 Å². The summed E-state index contributed by atoms with van der Waals surface area (Å²) in [5.74, 6) is -2.11. The first-order chi connectivity index (χ1) is 9.08. The Hall–Kier alpha value is -1.24. The molecule has 1 fully saturated rings. The number of carbonyl (C=O) groups is 1. The molecule has 112 valence electrons. The van der Waals surface area contributed by atoms with Crippen LogP contribution in [0.4, 0.5) is 14.5 Å². The van der Waals surface area contributed by atoms with Crippen molar-refractivity contribution >= 4 is 24.0 Å². The van der Waals surface area contributed by atoms with Gasteiger partial charge in [0.1, 0.15) is 0 Å². The Kier molecular flexibility index (Phi) is 6.32. The highest BCUT2D eigenvalue weighted by Crippen LogP contribution is 2.13. The number of benzene rings is 1. The Morgan fingerprint density at radius 1 is 1.40 bits per heavy atom. The van der Waals surface area contributed by atoms with Crippen LogP contribution in [0.2, 0.25) is 0 Å². The van der Waals surface area contributed by atoms with Crippen molar-refractivity contribution in [3.63, 3.8) is 0 Å². The molecule has 1 aliphatic heterocycles. The monoisotopic (exact) mass is 305 g/mol. The van der Waals surface area contributed by atoms with Crippen molar-refractivity contribution < 1.29 is 13.6 Å². The molecular weight excluding hydrogens is 288 g/mol. The molecule has 1 atom stereocenters. The van der Waals surface area contributed by atoms with E-state index in [1.165, 1.54) is 6.07 Å². The maximum absolute atomic E-state index is 13.0. The van der Waals surface area contributed by atoms with E-state index in [0.29, 0.717) is 6.04 Å². The molecular formula is C13H18ClF2N3O. The van der Waals surface area contributed by atoms with Crippen molar-refractivity contribution in [2.24, 2.45) is 0 Å². The number of likely N-dealkylation sites (N-methyl/N-ethyl adjacent to an activating group) is 1. The molecule has 1 aromatic rings. The summed E-state index contributed by atoms with van der Waals surface area (Å²) in [6.07, 6.45) is 1.01. The third kappa shape index (κ3) is 4.40. The van der Waals surface area contributed by atoms with Crippen molar-refractivity contribution in [3.05, 3.63) is 29.8 Å². The molecule has 1 heterocycles. The largest absolute Gasteiger partial charge is 0.325 e. The van der Waals surface area contributed by atoms with Crippen molar-refractivity contribution in [2.75, 3.05) is 32.0 Å². The van der Waals surface area contributed by atoms with Gasteiger partial charge in [-0.25, -0.2) is 8.78 Å². The quantitative estimate of drug-likeness (QED) is 0.888. The zero-order valence-corrected chi connectivity index (χ0v) is 12.0. The van der Waals surface area contributed by atoms with Gasteiger partial charge in [0.05, 0.1) is 6.54 Å². The highest BCUT2D eigenvalue weighted by Gasteiger charge is 2.22. The van der Waals surface area contributed by atoms with Crippen LogP contribution in [0.1, 0.15) is 6.42 Å². The lowest BCUT2D eigenvalue weighted by atomic mass is 10.3. The first-order valence-corrected chi connectivity index (χ1v) is 6.23. The second-order valence-electron chi connectivity index (χ2n) is 4.69. The van der Waals surface area contributed by atoms with Crippen LogP contribution in [-0.2, 0) is 4.79 Å². The Bertz CT molecular complexity index is 473. The molecule has 1 aromatic carbocycles. The molecule has 2 rings (SSSR count). The van der Waals surface area contributed by atoms with Gasteiger partial charge in [-0.05, 0) is 25.6 Å². The Morgan fingerprint density at radius 3 is 2.75 bits per heavy atom. The van der Waals surface area contributed by atoms with Gasteiger partial charge in [-0.15, -0.1) is 12.4 Å². The Balaban J connectivity index is 0.00000200. The topological polar surface area (TPSA) is 44.4 Å². The van der Waals surface area contributed by atoms with Crippen molar-refractivity contribution in [3.8, 4) is 0 Å². The van der Waals surface area contributed by atoms with E-state index in [0.717, 1.165) is 31.6 Å². The predicted molar refractivity (Wildman–Crippen MR) is 76.1 cm³/mol. The number of rotatable bonds is 4. The fourth-order valence-corrected chi connectivity index (χ4v) is 2.19. The van der Waals surface area contributed by atoms with Crippen LogP contribution in [0.15, 0.2) is 18.2 Å². The van der Waals surface area contributed by atoms with E-state index in [4.69, 9.17) is 0 Å². The molecule has 7 heteroatoms. The molecule has 4 nitrogen and oxygen atoms in total. The van der Waals surface area contributed by atoms with Gasteiger partial charge in [0.25, 0.3) is 0 Å². The van der Waals surface area contributed by atoms with Gasteiger partial charge < -0.3 is 10.6 Å². The summed E-state index contributed by atoms with van der Waals surface area (Å²) in [7, 11) is 1.90. The van der Waals surface area contributed by atoms with Gasteiger partial charge in [0.15, 0.2) is 11.6 Å². The number of likely N-dealkylation sites (tertiary alicyclic amines) is 1. The van der Waals surface area contributed by atoms with Crippen molar-refractivity contribution in [1.82, 2.24) is 10.2 Å². The first kappa shape index (κ1) is 16.8. The Morgan fingerprint density at radius 2 is 2.15 bits per heavy atom. The SMILES string of the molecule is CNC1CCN(CC(=O)Nc2ccc(F)c(F)c2)C1.Cl. The van der Waals surface area contributed by atoms with Crippen LogP contribution in [0.25, 0.3) is 0 Å². The van der Waals surface area contributed by atoms with E-state index in [-0.39, 0.29) is 30.5 Å². The summed E-state index contributed by atoms with van der Waals surface area (Å²) < 4.78 is 25.7. The molecule has 0 aromatic heterocycles. The molecule has 0 radical (unpaired) electrons. The molecule has 0 spiro atoms. The fourth-order valence-electron chi connectivity index (χ4n) is 2.19. The first-order valence-electron chi connectivity index (χ1n) is 6.23. The van der Waals surface area contributed by atoms with Gasteiger partial charge >= 0.3 is 0 Å². The molecule has 1 aliphatic rings. The van der Waals surface area contributed by atoms with E-state index in [1.54, 1.807) is 0 Å². The van der Waals surface area contributed by atoms with Crippen molar-refractivity contribution in [2.45, 2.75) is 12.5 Å². The standard InChI is InChI=1S/C13H17F2N3O.ClH/c1-16-10-4-5-18(7-10)8-13(19)17-9-2-3-11(14)12(15)6-9;/h2-3,6,10,16H,4-5,7-8H2,1H3,(H,17,19);1H. The minimum atomic E-state index is -0.964.